The number of aryl methyl sites for hydroxylation is 2. The van der Waals surface area contributed by atoms with Crippen molar-refractivity contribution in [2.45, 2.75) is 33.4 Å². The van der Waals surface area contributed by atoms with Crippen LogP contribution in [0.2, 0.25) is 0 Å². The third kappa shape index (κ3) is 4.51. The number of aromatic carboxylic acids is 1. The fraction of sp³-hybridized carbons (Fsp3) is 0.0690. The molecule has 4 aromatic carbocycles. The monoisotopic (exact) mass is 543 g/mol. The highest BCUT2D eigenvalue weighted by molar-refractivity contribution is 7.99. The molecule has 5 rings (SSSR count). The van der Waals surface area contributed by atoms with Crippen molar-refractivity contribution >= 4 is 45.1 Å². The summed E-state index contributed by atoms with van der Waals surface area (Å²) in [5, 5.41) is 9.08. The number of hydrogen-bond acceptors (Lipinski definition) is 6. The van der Waals surface area contributed by atoms with Gasteiger partial charge in [0.2, 0.25) is 9.84 Å². The molecule has 1 heterocycles. The van der Waals surface area contributed by atoms with Crippen molar-refractivity contribution in [3.8, 4) is 0 Å². The number of carbonyl (C=O) groups excluding carboxylic acids is 2. The molecule has 0 fully saturated rings. The second-order valence-electron chi connectivity index (χ2n) is 8.83. The van der Waals surface area contributed by atoms with E-state index in [1.165, 1.54) is 77.5 Å². The van der Waals surface area contributed by atoms with Gasteiger partial charge in [-0.15, -0.1) is 0 Å². The van der Waals surface area contributed by atoms with E-state index in [-0.39, 0.29) is 32.2 Å². The van der Waals surface area contributed by atoms with Crippen molar-refractivity contribution in [3.05, 3.63) is 113 Å². The molecule has 2 amide bonds. The van der Waals surface area contributed by atoms with Gasteiger partial charge in [-0.1, -0.05) is 17.8 Å². The van der Waals surface area contributed by atoms with E-state index in [0.717, 1.165) is 14.7 Å². The zero-order valence-electron chi connectivity index (χ0n) is 20.3. The highest BCUT2D eigenvalue weighted by Gasteiger charge is 2.37. The second kappa shape index (κ2) is 9.59. The number of fused-ring (bicyclic) bond motifs is 1. The van der Waals surface area contributed by atoms with Gasteiger partial charge >= 0.3 is 5.97 Å². The van der Waals surface area contributed by atoms with Crippen LogP contribution in [-0.4, -0.2) is 31.3 Å². The lowest BCUT2D eigenvalue weighted by molar-refractivity contribution is 0.0696. The minimum Gasteiger partial charge on any atom is -0.478 e. The Morgan fingerprint density at radius 1 is 0.711 bits per heavy atom. The van der Waals surface area contributed by atoms with Gasteiger partial charge in [-0.2, -0.15) is 0 Å². The van der Waals surface area contributed by atoms with Crippen LogP contribution < -0.4 is 4.90 Å². The highest BCUT2D eigenvalue weighted by Crippen LogP contribution is 2.33. The molecule has 0 aliphatic carbocycles. The SMILES string of the molecule is Cc1ccc(Sc2ccc(S(=O)(=O)c3ccc4c(c3)C(=O)N(c3ccc(C(=O)O)cc3)C4=O)cc2)cc1C. The predicted octanol–water partition coefficient (Wildman–Crippen LogP) is 5.79. The van der Waals surface area contributed by atoms with Gasteiger partial charge < -0.3 is 5.11 Å². The van der Waals surface area contributed by atoms with Crippen LogP contribution in [0, 0.1) is 13.8 Å². The van der Waals surface area contributed by atoms with Crippen LogP contribution in [0.25, 0.3) is 0 Å². The Bertz CT molecular complexity index is 1730. The number of anilines is 1. The summed E-state index contributed by atoms with van der Waals surface area (Å²) in [6.45, 7) is 4.08. The Morgan fingerprint density at radius 2 is 1.32 bits per heavy atom. The molecule has 0 radical (unpaired) electrons. The van der Waals surface area contributed by atoms with Gasteiger partial charge in [-0.3, -0.25) is 9.59 Å². The third-order valence-electron chi connectivity index (χ3n) is 6.39. The summed E-state index contributed by atoms with van der Waals surface area (Å²) in [6, 6.07) is 21.8. The lowest BCUT2D eigenvalue weighted by Gasteiger charge is -2.13. The molecule has 0 bridgehead atoms. The fourth-order valence-corrected chi connectivity index (χ4v) is 6.31. The van der Waals surface area contributed by atoms with Crippen LogP contribution in [0.5, 0.6) is 0 Å². The van der Waals surface area contributed by atoms with Crippen molar-refractivity contribution < 1.29 is 27.9 Å². The van der Waals surface area contributed by atoms with E-state index in [1.54, 1.807) is 12.1 Å². The maximum absolute atomic E-state index is 13.4. The van der Waals surface area contributed by atoms with Crippen molar-refractivity contribution in [1.29, 1.82) is 0 Å². The lowest BCUT2D eigenvalue weighted by atomic mass is 10.1. The molecule has 0 spiro atoms. The maximum atomic E-state index is 13.4. The van der Waals surface area contributed by atoms with Crippen molar-refractivity contribution in [2.24, 2.45) is 0 Å². The molecule has 0 atom stereocenters. The molecular formula is C29H21NO6S2. The molecule has 38 heavy (non-hydrogen) atoms. The Hall–Kier alpha value is -4.21. The number of imide groups is 1. The molecule has 0 saturated heterocycles. The Labute approximate surface area is 223 Å². The van der Waals surface area contributed by atoms with Gasteiger partial charge in [0.05, 0.1) is 32.2 Å². The Morgan fingerprint density at radius 3 is 1.95 bits per heavy atom. The summed E-state index contributed by atoms with van der Waals surface area (Å²) >= 11 is 1.53. The number of amides is 2. The third-order valence-corrected chi connectivity index (χ3v) is 9.15. The van der Waals surface area contributed by atoms with Gasteiger partial charge in [-0.05, 0) is 104 Å². The summed E-state index contributed by atoms with van der Waals surface area (Å²) in [5.41, 5.74) is 2.63. The number of carboxylic acids is 1. The normalized spacial score (nSPS) is 13.1. The molecule has 1 aliphatic heterocycles. The predicted molar refractivity (Wildman–Crippen MR) is 143 cm³/mol. The molecule has 4 aromatic rings. The summed E-state index contributed by atoms with van der Waals surface area (Å²) in [7, 11) is -3.96. The van der Waals surface area contributed by atoms with Gasteiger partial charge in [0.25, 0.3) is 11.8 Å². The summed E-state index contributed by atoms with van der Waals surface area (Å²) in [4.78, 5) is 39.9. The Kier molecular flexibility index (Phi) is 6.42. The first kappa shape index (κ1) is 25.4. The van der Waals surface area contributed by atoms with Gasteiger partial charge in [0.15, 0.2) is 0 Å². The molecule has 1 N–H and O–H groups in total. The van der Waals surface area contributed by atoms with Crippen LogP contribution in [0.4, 0.5) is 5.69 Å². The number of sulfone groups is 1. The first-order valence-corrected chi connectivity index (χ1v) is 13.8. The van der Waals surface area contributed by atoms with E-state index in [0.29, 0.717) is 0 Å². The average molecular weight is 544 g/mol. The van der Waals surface area contributed by atoms with Crippen LogP contribution in [0.1, 0.15) is 42.2 Å². The van der Waals surface area contributed by atoms with Crippen LogP contribution >= 0.6 is 11.8 Å². The number of nitrogens with zero attached hydrogens (tertiary/aromatic N) is 1. The zero-order chi connectivity index (χ0) is 27.2. The topological polar surface area (TPSA) is 109 Å². The van der Waals surface area contributed by atoms with E-state index in [9.17, 15) is 22.8 Å². The first-order valence-electron chi connectivity index (χ1n) is 11.5. The number of benzene rings is 4. The van der Waals surface area contributed by atoms with E-state index >= 15 is 0 Å². The van der Waals surface area contributed by atoms with Crippen molar-refractivity contribution in [3.63, 3.8) is 0 Å². The van der Waals surface area contributed by atoms with E-state index in [1.807, 2.05) is 26.0 Å². The molecular weight excluding hydrogens is 522 g/mol. The van der Waals surface area contributed by atoms with Crippen molar-refractivity contribution in [1.82, 2.24) is 0 Å². The molecule has 9 heteroatoms. The summed E-state index contributed by atoms with van der Waals surface area (Å²) < 4.78 is 26.7. The number of rotatable bonds is 6. The lowest BCUT2D eigenvalue weighted by Crippen LogP contribution is -2.29. The fourth-order valence-electron chi connectivity index (χ4n) is 4.11. The number of carbonyl (C=O) groups is 3. The van der Waals surface area contributed by atoms with E-state index < -0.39 is 27.6 Å². The molecule has 0 unspecified atom stereocenters. The minimum absolute atomic E-state index is 0.0112. The summed E-state index contributed by atoms with van der Waals surface area (Å²) in [6.07, 6.45) is 0. The van der Waals surface area contributed by atoms with Crippen molar-refractivity contribution in [2.75, 3.05) is 4.90 Å². The molecule has 190 valence electrons. The van der Waals surface area contributed by atoms with Crippen LogP contribution in [-0.2, 0) is 9.84 Å². The quantitative estimate of drug-likeness (QED) is 0.307. The largest absolute Gasteiger partial charge is 0.478 e. The maximum Gasteiger partial charge on any atom is 0.335 e. The second-order valence-corrected chi connectivity index (χ2v) is 11.9. The minimum atomic E-state index is -3.96. The smallest absolute Gasteiger partial charge is 0.335 e. The number of hydrogen-bond donors (Lipinski definition) is 1. The highest BCUT2D eigenvalue weighted by atomic mass is 32.2. The summed E-state index contributed by atoms with van der Waals surface area (Å²) in [5.74, 6) is -2.42. The van der Waals surface area contributed by atoms with Crippen LogP contribution in [0.15, 0.2) is 105 Å². The zero-order valence-corrected chi connectivity index (χ0v) is 22.0. The Balaban J connectivity index is 1.40. The standard InChI is InChI=1S/C29H21NO6S2/c1-17-3-8-22(15-18(17)2)37-21-9-11-23(12-10-21)38(35,36)24-13-14-25-26(16-24)28(32)30(27(25)31)20-6-4-19(5-7-20)29(33)34/h3-16H,1-2H3,(H,33,34). The number of carboxylic acid groups (broad SMARTS) is 1. The molecule has 0 aromatic heterocycles. The van der Waals surface area contributed by atoms with E-state index in [2.05, 4.69) is 6.07 Å². The van der Waals surface area contributed by atoms with Gasteiger partial charge in [-0.25, -0.2) is 18.1 Å². The molecule has 0 saturated carbocycles. The first-order chi connectivity index (χ1) is 18.1. The van der Waals surface area contributed by atoms with Crippen LogP contribution in [0.3, 0.4) is 0 Å². The molecule has 1 aliphatic rings. The average Bonchev–Trinajstić information content (AvgIpc) is 3.15. The molecule has 7 nitrogen and oxygen atoms in total. The van der Waals surface area contributed by atoms with Gasteiger partial charge in [0, 0.05) is 9.79 Å². The van der Waals surface area contributed by atoms with Gasteiger partial charge in [0.1, 0.15) is 0 Å². The van der Waals surface area contributed by atoms with E-state index in [4.69, 9.17) is 5.11 Å².